The highest BCUT2D eigenvalue weighted by Crippen LogP contribution is 2.46. The smallest absolute Gasteiger partial charge is 0.412 e. The molecular formula is C98H84BBr2N6O5PS4. The molecule has 582 valence electrons. The summed E-state index contributed by atoms with van der Waals surface area (Å²) in [4.78, 5) is 15.6. The summed E-state index contributed by atoms with van der Waals surface area (Å²) in [6, 6.07) is 114. The van der Waals surface area contributed by atoms with E-state index in [4.69, 9.17) is 9.31 Å². The lowest BCUT2D eigenvalue weighted by molar-refractivity contribution is 0.00578. The molecule has 7 aromatic heterocycles. The number of para-hydroxylation sites is 6. The topological polar surface area (TPSA) is 187 Å². The van der Waals surface area contributed by atoms with Crippen molar-refractivity contribution in [2.24, 2.45) is 0 Å². The van der Waals surface area contributed by atoms with Gasteiger partial charge in [-0.05, 0) is 182 Å². The molecule has 1 fully saturated rings. The van der Waals surface area contributed by atoms with Crippen molar-refractivity contribution >= 4 is 248 Å². The number of hydrogen-bond acceptors (Lipinski definition) is 7. The Bertz CT molecular complexity index is 7390. The molecule has 0 radical (unpaired) electrons. The molecule has 1 aliphatic heterocycles. The molecule has 23 rings (SSSR count). The van der Waals surface area contributed by atoms with E-state index in [-0.39, 0.29) is 39.8 Å². The van der Waals surface area contributed by atoms with E-state index in [0.717, 1.165) is 57.4 Å². The lowest BCUT2D eigenvalue weighted by Gasteiger charge is -2.32. The zero-order valence-corrected chi connectivity index (χ0v) is 73.0. The minimum absolute atomic E-state index is 0. The molecule has 117 heavy (non-hydrogen) atoms. The summed E-state index contributed by atoms with van der Waals surface area (Å²) in [6.07, 6.45) is 3.40. The lowest BCUT2D eigenvalue weighted by Crippen LogP contribution is -2.41. The molecule has 1 saturated heterocycles. The molecule has 15 aromatic carbocycles. The maximum absolute atomic E-state index is 12.1. The first-order chi connectivity index (χ1) is 55.6. The molecule has 3 atom stereocenters. The number of aromatic nitrogens is 5. The van der Waals surface area contributed by atoms with Gasteiger partial charge in [-0.25, -0.2) is 0 Å². The van der Waals surface area contributed by atoms with Crippen LogP contribution in [0.5, 0.6) is 0 Å². The van der Waals surface area contributed by atoms with Gasteiger partial charge < -0.3 is 45.4 Å². The molecule has 9 N–H and O–H groups in total. The van der Waals surface area contributed by atoms with E-state index < -0.39 is 21.6 Å². The minimum atomic E-state index is -1.02. The van der Waals surface area contributed by atoms with Gasteiger partial charge in [0.25, 0.3) is 0 Å². The molecule has 19 heteroatoms. The van der Waals surface area contributed by atoms with Crippen LogP contribution in [0.15, 0.2) is 346 Å². The molecule has 3 unspecified atom stereocenters. The fourth-order valence-corrected chi connectivity index (χ4v) is 21.1. The van der Waals surface area contributed by atoms with E-state index in [1.54, 1.807) is 12.5 Å². The summed E-state index contributed by atoms with van der Waals surface area (Å²) >= 11 is 10.6. The number of nitrogens with zero attached hydrogens (tertiary/aromatic N) is 1. The average molecular weight is 1760 g/mol. The van der Waals surface area contributed by atoms with Gasteiger partial charge in [0.05, 0.1) is 48.7 Å². The van der Waals surface area contributed by atoms with Gasteiger partial charge in [0.2, 0.25) is 0 Å². The van der Waals surface area contributed by atoms with E-state index in [1.165, 1.54) is 133 Å². The van der Waals surface area contributed by atoms with Crippen LogP contribution in [0.1, 0.15) is 27.7 Å². The maximum Gasteiger partial charge on any atom is 0.495 e. The van der Waals surface area contributed by atoms with Crippen molar-refractivity contribution in [3.63, 3.8) is 0 Å². The van der Waals surface area contributed by atoms with Crippen molar-refractivity contribution in [3.8, 4) is 16.8 Å². The molecule has 0 amide bonds. The number of aromatic amines is 4. The standard InChI is InChI=1S/C24H15NS.C19H15NOS.C18H20BNO2.C18H11NS.C12H8BrN.C7H7BrOS.H3N.H2O.H3P/c1-2-8-16(9-3-1)25-19-12-6-4-10-17(19)23-20(25)14-15-22-24(23)18-11-5-7-13-21(18)26-22;1-22(21)18-12-5-3-7-13(18)14-9-6-11-17-19(14)15-8-2-4-10-16(15)20-17;1-17(2)18(3,4)22-19(21-17)13-9-7-11-15-16(13)12-8-5-6-10-14(12)20-15;1-3-7-13-11(5-1)17-14(19-13)9-10-16-18(17)12-6-2-4-8-15(12)20-16;13-9-5-3-7-11-12(9)8-4-1-2-6-10(8)14-11;1-10(9)7-5-3-2-4-6(7)8;;;/h1-15H;2-12,20H,1H3;5-11,20H,1-4H3;1-10,19H;1-7,14H;2-5H,1H3;1H3;1H2;1H3. The van der Waals surface area contributed by atoms with Gasteiger partial charge in [0.15, 0.2) is 0 Å². The molecule has 22 aromatic rings. The minimum Gasteiger partial charge on any atom is -0.412 e. The molecule has 8 heterocycles. The van der Waals surface area contributed by atoms with Crippen LogP contribution in [-0.2, 0) is 30.9 Å². The number of halogens is 2. The first-order valence-corrected chi connectivity index (χ1v) is 44.1. The highest BCUT2D eigenvalue weighted by Gasteiger charge is 2.52. The normalized spacial score (nSPS) is 13.3. The zero-order chi connectivity index (χ0) is 77.9. The number of nitrogens with one attached hydrogen (secondary N) is 4. The summed E-state index contributed by atoms with van der Waals surface area (Å²) in [6.45, 7) is 8.34. The predicted molar refractivity (Wildman–Crippen MR) is 517 cm³/mol. The third-order valence-corrected chi connectivity index (χ3v) is 27.8. The Hall–Kier alpha value is -10.7. The van der Waals surface area contributed by atoms with E-state index in [1.807, 2.05) is 102 Å². The van der Waals surface area contributed by atoms with Gasteiger partial charge in [0, 0.05) is 170 Å². The second-order valence-electron chi connectivity index (χ2n) is 29.3. The van der Waals surface area contributed by atoms with Crippen molar-refractivity contribution in [2.45, 2.75) is 48.7 Å². The summed E-state index contributed by atoms with van der Waals surface area (Å²) in [5, 5.41) is 18.2. The molecule has 0 saturated carbocycles. The van der Waals surface area contributed by atoms with Gasteiger partial charge in [-0.2, -0.15) is 9.90 Å². The van der Waals surface area contributed by atoms with Crippen LogP contribution in [0, 0.1) is 0 Å². The lowest BCUT2D eigenvalue weighted by atomic mass is 9.76. The summed E-state index contributed by atoms with van der Waals surface area (Å²) in [7, 11) is -2.24. The number of hydrogen-bond donors (Lipinski definition) is 5. The van der Waals surface area contributed by atoms with E-state index in [0.29, 0.717) is 0 Å². The Morgan fingerprint density at radius 1 is 0.325 bits per heavy atom. The van der Waals surface area contributed by atoms with Gasteiger partial charge in [-0.1, -0.05) is 222 Å². The maximum atomic E-state index is 12.1. The van der Waals surface area contributed by atoms with Gasteiger partial charge in [0.1, 0.15) is 0 Å². The summed E-state index contributed by atoms with van der Waals surface area (Å²) < 4.78 is 45.4. The largest absolute Gasteiger partial charge is 0.495 e. The Morgan fingerprint density at radius 3 is 1.26 bits per heavy atom. The van der Waals surface area contributed by atoms with Crippen LogP contribution in [-0.4, -0.2) is 69.2 Å². The van der Waals surface area contributed by atoms with Crippen molar-refractivity contribution < 1.29 is 23.2 Å². The van der Waals surface area contributed by atoms with Crippen molar-refractivity contribution in [1.29, 1.82) is 0 Å². The summed E-state index contributed by atoms with van der Waals surface area (Å²) in [5.41, 5.74) is 15.6. The van der Waals surface area contributed by atoms with Gasteiger partial charge in [-0.15, -0.1) is 22.7 Å². The molecule has 0 bridgehead atoms. The molecule has 11 nitrogen and oxygen atoms in total. The zero-order valence-electron chi connectivity index (χ0n) is 65.1. The van der Waals surface area contributed by atoms with Crippen molar-refractivity contribution in [2.75, 3.05) is 12.5 Å². The number of thiophene rings is 2. The Kier molecular flexibility index (Phi) is 23.8. The molecule has 0 aliphatic carbocycles. The van der Waals surface area contributed by atoms with Crippen LogP contribution < -0.4 is 11.6 Å². The van der Waals surface area contributed by atoms with E-state index >= 15 is 0 Å². The Labute approximate surface area is 710 Å². The van der Waals surface area contributed by atoms with E-state index in [2.05, 4.69) is 333 Å². The van der Waals surface area contributed by atoms with Crippen LogP contribution in [0.3, 0.4) is 0 Å². The highest BCUT2D eigenvalue weighted by molar-refractivity contribution is 9.11. The number of rotatable bonds is 5. The monoisotopic (exact) mass is 1750 g/mol. The number of H-pyrrole nitrogens is 4. The summed E-state index contributed by atoms with van der Waals surface area (Å²) in [5.74, 6) is 0. The highest BCUT2D eigenvalue weighted by atomic mass is 79.9. The first-order valence-electron chi connectivity index (χ1n) is 37.8. The van der Waals surface area contributed by atoms with Crippen LogP contribution in [0.4, 0.5) is 0 Å². The number of fused-ring (bicyclic) bond motifs is 23. The van der Waals surface area contributed by atoms with E-state index in [9.17, 15) is 8.42 Å². The third kappa shape index (κ3) is 15.3. The van der Waals surface area contributed by atoms with Crippen LogP contribution in [0.25, 0.3) is 166 Å². The first kappa shape index (κ1) is 81.5. The quantitative estimate of drug-likeness (QED) is 0.0846. The van der Waals surface area contributed by atoms with Crippen molar-refractivity contribution in [1.82, 2.24) is 30.7 Å². The molecule has 1 aliphatic rings. The Balaban J connectivity index is 0.000000112. The molecular weight excluding hydrogens is 1670 g/mol. The second-order valence-corrected chi connectivity index (χ2v) is 35.9. The number of benzene rings is 15. The third-order valence-electron chi connectivity index (χ3n) is 21.9. The van der Waals surface area contributed by atoms with Crippen LogP contribution in [0.2, 0.25) is 0 Å². The molecule has 0 spiro atoms. The van der Waals surface area contributed by atoms with Crippen molar-refractivity contribution in [3.05, 3.63) is 337 Å². The fraction of sp³-hybridized carbons (Fsp3) is 0.0816. The average Bonchev–Trinajstić information content (AvgIpc) is 2.28. The SMILES string of the molecule is Brc1cccc2[nH]c3ccccc3c12.CC1(C)OB(c2cccc3[nH]c4ccccc4c23)OC1(C)C.CS(=O)c1ccccc1-c1cccc2[nH]c3ccccc3c12.CS(=O)c1ccccc1Br.N.O.P.c1ccc(-n2c3ccccc3c3c4c(ccc32)sc2ccccc24)cc1.c1ccc2c(c1)[nH]c1ccc3sc4ccccc4c3c12. The second kappa shape index (κ2) is 34.1. The predicted octanol–water partition coefficient (Wildman–Crippen LogP) is 26.9. The Morgan fingerprint density at radius 2 is 0.709 bits per heavy atom. The van der Waals surface area contributed by atoms with Gasteiger partial charge >= 0.3 is 7.12 Å². The fourth-order valence-electron chi connectivity index (χ4n) is 16.0. The van der Waals surface area contributed by atoms with Gasteiger partial charge in [-0.3, -0.25) is 8.42 Å². The van der Waals surface area contributed by atoms with Crippen LogP contribution >= 0.6 is 64.4 Å².